The number of carbonyl (C=O) groups excluding carboxylic acids is 1. The maximum Gasteiger partial charge on any atom is 0.217 e. The first-order chi connectivity index (χ1) is 12.0. The first kappa shape index (κ1) is 23.4. The number of nitrogens with one attached hydrogen (secondary N) is 1. The fourth-order valence-corrected chi connectivity index (χ4v) is 3.83. The van der Waals surface area contributed by atoms with Crippen molar-refractivity contribution in [2.45, 2.75) is 39.2 Å². The number of likely N-dealkylation sites (tertiary alicyclic amines) is 1. The van der Waals surface area contributed by atoms with Crippen molar-refractivity contribution in [2.24, 2.45) is 22.6 Å². The number of hydrogen-bond acceptors (Lipinski definition) is 4. The van der Waals surface area contributed by atoms with Crippen molar-refractivity contribution in [3.8, 4) is 0 Å². The molecule has 2 atom stereocenters. The Kier molecular flexibility index (Phi) is 10.8. The number of carbonyl (C=O) groups is 1. The van der Waals surface area contributed by atoms with E-state index in [1.165, 1.54) is 0 Å². The molecule has 2 aliphatic heterocycles. The fourth-order valence-electron chi connectivity index (χ4n) is 3.83. The minimum atomic E-state index is -0.212. The van der Waals surface area contributed by atoms with Crippen LogP contribution in [-0.2, 0) is 9.53 Å². The first-order valence-corrected chi connectivity index (χ1v) is 9.55. The van der Waals surface area contributed by atoms with Crippen LogP contribution in [0.25, 0.3) is 0 Å². The smallest absolute Gasteiger partial charge is 0.217 e. The molecule has 0 aromatic rings. The lowest BCUT2D eigenvalue weighted by molar-refractivity contribution is -0.119. The molecule has 2 fully saturated rings. The van der Waals surface area contributed by atoms with E-state index in [1.807, 2.05) is 7.05 Å². The molecule has 0 aliphatic carbocycles. The third kappa shape index (κ3) is 7.96. The summed E-state index contributed by atoms with van der Waals surface area (Å²) in [5.41, 5.74) is 5.36. The van der Waals surface area contributed by atoms with Crippen molar-refractivity contribution >= 4 is 35.8 Å². The van der Waals surface area contributed by atoms with Gasteiger partial charge < -0.3 is 20.7 Å². The molecular weight excluding hydrogens is 445 g/mol. The van der Waals surface area contributed by atoms with Crippen LogP contribution >= 0.6 is 24.0 Å². The van der Waals surface area contributed by atoms with Gasteiger partial charge in [0, 0.05) is 52.7 Å². The van der Waals surface area contributed by atoms with Gasteiger partial charge in [-0.25, -0.2) is 0 Å². The minimum Gasteiger partial charge on any atom is -0.374 e. The molecule has 8 heteroatoms. The van der Waals surface area contributed by atoms with E-state index in [2.05, 4.69) is 34.0 Å². The Balaban J connectivity index is 0.00000338. The van der Waals surface area contributed by atoms with Gasteiger partial charge >= 0.3 is 0 Å². The number of aliphatic imine (C=N–C) groups is 1. The Bertz CT molecular complexity index is 461. The molecule has 0 aromatic heterocycles. The second-order valence-corrected chi connectivity index (χ2v) is 7.70. The Morgan fingerprint density at radius 3 is 2.77 bits per heavy atom. The Labute approximate surface area is 175 Å². The second-order valence-electron chi connectivity index (χ2n) is 7.70. The van der Waals surface area contributed by atoms with Crippen LogP contribution in [0.3, 0.4) is 0 Å². The number of amides is 1. The van der Waals surface area contributed by atoms with Gasteiger partial charge in [-0.05, 0) is 24.7 Å². The van der Waals surface area contributed by atoms with Crippen molar-refractivity contribution < 1.29 is 9.53 Å². The fraction of sp³-hybridized carbons (Fsp3) is 0.889. The largest absolute Gasteiger partial charge is 0.374 e. The maximum atomic E-state index is 11.2. The highest BCUT2D eigenvalue weighted by Gasteiger charge is 2.25. The highest BCUT2D eigenvalue weighted by Crippen LogP contribution is 2.19. The third-order valence-electron chi connectivity index (χ3n) is 4.85. The molecule has 0 saturated carbocycles. The van der Waals surface area contributed by atoms with Crippen LogP contribution < -0.4 is 11.1 Å². The monoisotopic (exact) mass is 481 g/mol. The number of primary amides is 1. The molecule has 3 N–H and O–H groups in total. The normalized spacial score (nSPS) is 25.1. The van der Waals surface area contributed by atoms with Gasteiger partial charge in [-0.2, -0.15) is 0 Å². The number of piperidine rings is 1. The number of rotatable bonds is 6. The summed E-state index contributed by atoms with van der Waals surface area (Å²) < 4.78 is 5.91. The lowest BCUT2D eigenvalue weighted by Crippen LogP contribution is -2.52. The van der Waals surface area contributed by atoms with Crippen LogP contribution in [0.15, 0.2) is 4.99 Å². The van der Waals surface area contributed by atoms with E-state index in [0.29, 0.717) is 18.3 Å². The third-order valence-corrected chi connectivity index (χ3v) is 4.85. The number of guanidine groups is 1. The van der Waals surface area contributed by atoms with Crippen molar-refractivity contribution in [1.82, 2.24) is 15.1 Å². The standard InChI is InChI=1S/C18H35N5O2.HI/c1-14(2)11-22-7-8-25-16(13-22)10-21-18(20-3)23-6-4-5-15(12-23)9-17(19)24;/h14-16H,4-13H2,1-3H3,(H2,19,24)(H,20,21);1H. The lowest BCUT2D eigenvalue weighted by Gasteiger charge is -2.37. The second kappa shape index (κ2) is 12.0. The van der Waals surface area contributed by atoms with Gasteiger partial charge in [0.2, 0.25) is 5.91 Å². The van der Waals surface area contributed by atoms with Crippen LogP contribution in [0.1, 0.15) is 33.1 Å². The van der Waals surface area contributed by atoms with E-state index in [4.69, 9.17) is 10.5 Å². The summed E-state index contributed by atoms with van der Waals surface area (Å²) in [4.78, 5) is 20.3. The number of nitrogens with two attached hydrogens (primary N) is 1. The number of halogens is 1. The van der Waals surface area contributed by atoms with Crippen LogP contribution in [0.5, 0.6) is 0 Å². The topological polar surface area (TPSA) is 83.2 Å². The molecule has 0 radical (unpaired) electrons. The quantitative estimate of drug-likeness (QED) is 0.338. The summed E-state index contributed by atoms with van der Waals surface area (Å²) in [6.45, 7) is 11.0. The number of ether oxygens (including phenoxy) is 1. The molecule has 2 saturated heterocycles. The predicted molar refractivity (Wildman–Crippen MR) is 116 cm³/mol. The van der Waals surface area contributed by atoms with Crippen molar-refractivity contribution in [2.75, 3.05) is 52.9 Å². The molecule has 2 unspecified atom stereocenters. The molecule has 1 amide bonds. The van der Waals surface area contributed by atoms with E-state index in [9.17, 15) is 4.79 Å². The van der Waals surface area contributed by atoms with Gasteiger partial charge in [0.05, 0.1) is 12.7 Å². The van der Waals surface area contributed by atoms with Gasteiger partial charge in [0.1, 0.15) is 0 Å². The number of morpholine rings is 1. The zero-order chi connectivity index (χ0) is 18.2. The highest BCUT2D eigenvalue weighted by molar-refractivity contribution is 14.0. The summed E-state index contributed by atoms with van der Waals surface area (Å²) >= 11 is 0. The van der Waals surface area contributed by atoms with Crippen LogP contribution in [0, 0.1) is 11.8 Å². The average Bonchev–Trinajstić information content (AvgIpc) is 2.55. The molecule has 2 rings (SSSR count). The average molecular weight is 481 g/mol. The molecular formula is C18H36IN5O2. The molecule has 2 aliphatic rings. The zero-order valence-corrected chi connectivity index (χ0v) is 18.8. The van der Waals surface area contributed by atoms with Gasteiger partial charge in [0.25, 0.3) is 0 Å². The SMILES string of the molecule is CN=C(NCC1CN(CC(C)C)CCO1)N1CCCC(CC(N)=O)C1.I. The molecule has 2 heterocycles. The summed E-state index contributed by atoms with van der Waals surface area (Å²) in [5.74, 6) is 1.70. The molecule has 0 aromatic carbocycles. The number of nitrogens with zero attached hydrogens (tertiary/aromatic N) is 3. The Hall–Kier alpha value is -0.610. The van der Waals surface area contributed by atoms with Gasteiger partial charge in [0.15, 0.2) is 5.96 Å². The minimum absolute atomic E-state index is 0. The Morgan fingerprint density at radius 2 is 2.12 bits per heavy atom. The van der Waals surface area contributed by atoms with Gasteiger partial charge in [-0.1, -0.05) is 13.8 Å². The molecule has 152 valence electrons. The van der Waals surface area contributed by atoms with Gasteiger partial charge in [-0.15, -0.1) is 24.0 Å². The summed E-state index contributed by atoms with van der Waals surface area (Å²) in [7, 11) is 1.81. The van der Waals surface area contributed by atoms with Crippen LogP contribution in [0.2, 0.25) is 0 Å². The van der Waals surface area contributed by atoms with Crippen molar-refractivity contribution in [3.05, 3.63) is 0 Å². The van der Waals surface area contributed by atoms with E-state index >= 15 is 0 Å². The molecule has 7 nitrogen and oxygen atoms in total. The highest BCUT2D eigenvalue weighted by atomic mass is 127. The summed E-state index contributed by atoms with van der Waals surface area (Å²) in [5, 5.41) is 3.46. The number of hydrogen-bond donors (Lipinski definition) is 2. The van der Waals surface area contributed by atoms with Gasteiger partial charge in [-0.3, -0.25) is 14.7 Å². The molecule has 0 spiro atoms. The Morgan fingerprint density at radius 1 is 1.35 bits per heavy atom. The summed E-state index contributed by atoms with van der Waals surface area (Å²) in [6.07, 6.45) is 2.78. The van der Waals surface area contributed by atoms with E-state index in [-0.39, 0.29) is 36.0 Å². The van der Waals surface area contributed by atoms with E-state index in [0.717, 1.165) is 64.7 Å². The molecule has 0 bridgehead atoms. The first-order valence-electron chi connectivity index (χ1n) is 9.55. The van der Waals surface area contributed by atoms with Crippen molar-refractivity contribution in [1.29, 1.82) is 0 Å². The maximum absolute atomic E-state index is 11.2. The van der Waals surface area contributed by atoms with Crippen LogP contribution in [0.4, 0.5) is 0 Å². The molecule has 26 heavy (non-hydrogen) atoms. The van der Waals surface area contributed by atoms with E-state index in [1.54, 1.807) is 0 Å². The van der Waals surface area contributed by atoms with Crippen LogP contribution in [-0.4, -0.2) is 80.7 Å². The lowest BCUT2D eigenvalue weighted by atomic mass is 9.95. The predicted octanol–water partition coefficient (Wildman–Crippen LogP) is 1.12. The van der Waals surface area contributed by atoms with Crippen molar-refractivity contribution in [3.63, 3.8) is 0 Å². The summed E-state index contributed by atoms with van der Waals surface area (Å²) in [6, 6.07) is 0. The van der Waals surface area contributed by atoms with E-state index < -0.39 is 0 Å². The zero-order valence-electron chi connectivity index (χ0n) is 16.4.